The molecular formula is C10H15NO2. The van der Waals surface area contributed by atoms with E-state index in [9.17, 15) is 5.11 Å². The highest BCUT2D eigenvalue weighted by molar-refractivity contribution is 5.23. The predicted octanol–water partition coefficient (Wildman–Crippen LogP) is 1.40. The van der Waals surface area contributed by atoms with Crippen molar-refractivity contribution in [3.63, 3.8) is 0 Å². The van der Waals surface area contributed by atoms with Crippen molar-refractivity contribution in [2.45, 2.75) is 25.9 Å². The van der Waals surface area contributed by atoms with Crippen LogP contribution >= 0.6 is 0 Å². The molecule has 13 heavy (non-hydrogen) atoms. The van der Waals surface area contributed by atoms with Gasteiger partial charge in [0.05, 0.1) is 12.7 Å². The third-order valence-electron chi connectivity index (χ3n) is 1.64. The molecule has 0 aliphatic rings. The summed E-state index contributed by atoms with van der Waals surface area (Å²) < 4.78 is 5.05. The van der Waals surface area contributed by atoms with Crippen molar-refractivity contribution >= 4 is 0 Å². The molecule has 1 heterocycles. The highest BCUT2D eigenvalue weighted by atomic mass is 16.5. The number of aromatic nitrogens is 1. The molecule has 0 aliphatic heterocycles. The van der Waals surface area contributed by atoms with E-state index in [4.69, 9.17) is 4.74 Å². The van der Waals surface area contributed by atoms with Crippen molar-refractivity contribution < 1.29 is 9.84 Å². The van der Waals surface area contributed by atoms with E-state index in [-0.39, 0.29) is 0 Å². The van der Waals surface area contributed by atoms with Gasteiger partial charge in [-0.05, 0) is 19.9 Å². The van der Waals surface area contributed by atoms with E-state index in [0.717, 1.165) is 11.4 Å². The van der Waals surface area contributed by atoms with Gasteiger partial charge in [-0.2, -0.15) is 0 Å². The first-order chi connectivity index (χ1) is 6.01. The number of pyridine rings is 1. The van der Waals surface area contributed by atoms with Gasteiger partial charge in [-0.3, -0.25) is 4.98 Å². The monoisotopic (exact) mass is 181 g/mol. The Labute approximate surface area is 78.4 Å². The summed E-state index contributed by atoms with van der Waals surface area (Å²) in [6, 6.07) is 3.62. The lowest BCUT2D eigenvalue weighted by Gasteiger charge is -2.16. The van der Waals surface area contributed by atoms with E-state index in [1.807, 2.05) is 6.07 Å². The van der Waals surface area contributed by atoms with Crippen molar-refractivity contribution in [1.82, 2.24) is 4.98 Å². The van der Waals surface area contributed by atoms with E-state index in [0.29, 0.717) is 6.42 Å². The second-order valence-corrected chi connectivity index (χ2v) is 3.68. The first-order valence-corrected chi connectivity index (χ1v) is 4.22. The molecule has 0 bridgehead atoms. The minimum atomic E-state index is -0.723. The summed E-state index contributed by atoms with van der Waals surface area (Å²) in [4.78, 5) is 4.13. The first kappa shape index (κ1) is 9.99. The summed E-state index contributed by atoms with van der Waals surface area (Å²) in [6.45, 7) is 3.52. The molecule has 0 aliphatic carbocycles. The van der Waals surface area contributed by atoms with Crippen LogP contribution in [0.3, 0.4) is 0 Å². The highest BCUT2D eigenvalue weighted by Gasteiger charge is 2.14. The van der Waals surface area contributed by atoms with E-state index in [1.165, 1.54) is 0 Å². The van der Waals surface area contributed by atoms with Gasteiger partial charge in [-0.25, -0.2) is 0 Å². The first-order valence-electron chi connectivity index (χ1n) is 4.22. The normalized spacial score (nSPS) is 11.4. The molecule has 1 aromatic heterocycles. The predicted molar refractivity (Wildman–Crippen MR) is 50.8 cm³/mol. The van der Waals surface area contributed by atoms with Gasteiger partial charge in [0.15, 0.2) is 0 Å². The maximum atomic E-state index is 9.55. The molecule has 1 N–H and O–H groups in total. The fourth-order valence-corrected chi connectivity index (χ4v) is 1.12. The lowest BCUT2D eigenvalue weighted by molar-refractivity contribution is 0.0799. The summed E-state index contributed by atoms with van der Waals surface area (Å²) in [5.41, 5.74) is 0.117. The second kappa shape index (κ2) is 3.75. The number of aliphatic hydroxyl groups is 1. The van der Waals surface area contributed by atoms with Crippen molar-refractivity contribution in [2.75, 3.05) is 7.11 Å². The molecule has 0 aromatic carbocycles. The lowest BCUT2D eigenvalue weighted by Crippen LogP contribution is -2.22. The fraction of sp³-hybridized carbons (Fsp3) is 0.500. The standard InChI is InChI=1S/C10H15NO2/c1-10(2,12)7-8-6-9(13-3)4-5-11-8/h4-6,12H,7H2,1-3H3. The summed E-state index contributed by atoms with van der Waals surface area (Å²) in [6.07, 6.45) is 2.21. The highest BCUT2D eigenvalue weighted by Crippen LogP contribution is 2.15. The molecule has 0 radical (unpaired) electrons. The molecular weight excluding hydrogens is 166 g/mol. The molecule has 0 spiro atoms. The topological polar surface area (TPSA) is 42.4 Å². The Morgan fingerprint density at radius 2 is 2.23 bits per heavy atom. The van der Waals surface area contributed by atoms with Crippen molar-refractivity contribution in [3.8, 4) is 5.75 Å². The third-order valence-corrected chi connectivity index (χ3v) is 1.64. The molecule has 1 rings (SSSR count). The average molecular weight is 181 g/mol. The lowest BCUT2D eigenvalue weighted by atomic mass is 10.0. The largest absolute Gasteiger partial charge is 0.497 e. The van der Waals surface area contributed by atoms with Crippen LogP contribution < -0.4 is 4.74 Å². The van der Waals surface area contributed by atoms with Crippen LogP contribution in [0.5, 0.6) is 5.75 Å². The van der Waals surface area contributed by atoms with Crippen molar-refractivity contribution in [1.29, 1.82) is 0 Å². The molecule has 0 amide bonds. The van der Waals surface area contributed by atoms with Crippen LogP contribution in [0, 0.1) is 0 Å². The SMILES string of the molecule is COc1ccnc(CC(C)(C)O)c1. The maximum absolute atomic E-state index is 9.55. The van der Waals surface area contributed by atoms with Gasteiger partial charge < -0.3 is 9.84 Å². The van der Waals surface area contributed by atoms with Crippen LogP contribution in [0.2, 0.25) is 0 Å². The quantitative estimate of drug-likeness (QED) is 0.766. The molecule has 72 valence electrons. The van der Waals surface area contributed by atoms with Gasteiger partial charge in [0.25, 0.3) is 0 Å². The number of ether oxygens (including phenoxy) is 1. The number of rotatable bonds is 3. The average Bonchev–Trinajstić information content (AvgIpc) is 2.01. The van der Waals surface area contributed by atoms with E-state index in [1.54, 1.807) is 33.2 Å². The Hall–Kier alpha value is -1.09. The minimum absolute atomic E-state index is 0.532. The molecule has 1 aromatic rings. The zero-order valence-corrected chi connectivity index (χ0v) is 8.24. The number of hydrogen-bond acceptors (Lipinski definition) is 3. The maximum Gasteiger partial charge on any atom is 0.122 e. The molecule has 0 unspecified atom stereocenters. The van der Waals surface area contributed by atoms with Crippen LogP contribution in [0.15, 0.2) is 18.3 Å². The van der Waals surface area contributed by atoms with Crippen LogP contribution in [0.1, 0.15) is 19.5 Å². The van der Waals surface area contributed by atoms with Gasteiger partial charge in [-0.1, -0.05) is 0 Å². The van der Waals surface area contributed by atoms with Crippen LogP contribution in [-0.2, 0) is 6.42 Å². The third kappa shape index (κ3) is 3.42. The van der Waals surface area contributed by atoms with Crippen LogP contribution in [-0.4, -0.2) is 22.8 Å². The number of hydrogen-bond donors (Lipinski definition) is 1. The smallest absolute Gasteiger partial charge is 0.122 e. The molecule has 3 heteroatoms. The Morgan fingerprint density at radius 1 is 1.54 bits per heavy atom. The van der Waals surface area contributed by atoms with E-state index in [2.05, 4.69) is 4.98 Å². The van der Waals surface area contributed by atoms with Gasteiger partial charge in [0.1, 0.15) is 5.75 Å². The van der Waals surface area contributed by atoms with Crippen molar-refractivity contribution in [2.24, 2.45) is 0 Å². The Balaban J connectivity index is 2.78. The Morgan fingerprint density at radius 3 is 2.77 bits per heavy atom. The van der Waals surface area contributed by atoms with Gasteiger partial charge in [0.2, 0.25) is 0 Å². The fourth-order valence-electron chi connectivity index (χ4n) is 1.12. The van der Waals surface area contributed by atoms with Crippen molar-refractivity contribution in [3.05, 3.63) is 24.0 Å². The summed E-state index contributed by atoms with van der Waals surface area (Å²) in [5.74, 6) is 0.772. The molecule has 0 atom stereocenters. The van der Waals surface area contributed by atoms with Gasteiger partial charge in [-0.15, -0.1) is 0 Å². The molecule has 3 nitrogen and oxygen atoms in total. The minimum Gasteiger partial charge on any atom is -0.497 e. The van der Waals surface area contributed by atoms with Gasteiger partial charge in [0, 0.05) is 24.4 Å². The summed E-state index contributed by atoms with van der Waals surface area (Å²) >= 11 is 0. The van der Waals surface area contributed by atoms with Crippen LogP contribution in [0.25, 0.3) is 0 Å². The molecule has 0 saturated heterocycles. The van der Waals surface area contributed by atoms with Crippen LogP contribution in [0.4, 0.5) is 0 Å². The summed E-state index contributed by atoms with van der Waals surface area (Å²) in [7, 11) is 1.61. The zero-order chi connectivity index (χ0) is 9.90. The van der Waals surface area contributed by atoms with E-state index >= 15 is 0 Å². The van der Waals surface area contributed by atoms with Gasteiger partial charge >= 0.3 is 0 Å². The zero-order valence-electron chi connectivity index (χ0n) is 8.24. The number of nitrogens with zero attached hydrogens (tertiary/aromatic N) is 1. The number of methoxy groups -OCH3 is 1. The second-order valence-electron chi connectivity index (χ2n) is 3.68. The summed E-state index contributed by atoms with van der Waals surface area (Å²) in [5, 5.41) is 9.55. The Bertz CT molecular complexity index is 278. The molecule has 0 saturated carbocycles. The molecule has 0 fully saturated rings. The van der Waals surface area contributed by atoms with E-state index < -0.39 is 5.60 Å². The Kier molecular flexibility index (Phi) is 2.88.